The lowest BCUT2D eigenvalue weighted by Crippen LogP contribution is -2.49. The Morgan fingerprint density at radius 2 is 2.09 bits per heavy atom. The summed E-state index contributed by atoms with van der Waals surface area (Å²) in [7, 11) is 0. The maximum atomic E-state index is 10.8. The molecular weight excluding hydrogens is 300 g/mol. The number of carbonyl (C=O) groups excluding carboxylic acids is 1. The summed E-state index contributed by atoms with van der Waals surface area (Å²) in [5.74, 6) is 0.630. The van der Waals surface area contributed by atoms with Gasteiger partial charge in [-0.1, -0.05) is 32.9 Å². The zero-order valence-corrected chi connectivity index (χ0v) is 14.7. The first-order valence-corrected chi connectivity index (χ1v) is 8.60. The standard InChI is InChI=1S/C16H28N2O3S/c1-15(2,3)14-11(9-22-14)5-6-16(4,17)10-18-12(8-19)7-13(20)21/h5-6,8,11-12,14,18H,7,9-10,17H2,1-4H3,(H,20,21)/t11?,12-,14?,16?/m0/s1. The summed E-state index contributed by atoms with van der Waals surface area (Å²) in [5.41, 5.74) is 5.87. The molecule has 1 aliphatic rings. The number of thioether (sulfide) groups is 1. The first-order chi connectivity index (χ1) is 10.0. The molecule has 1 heterocycles. The molecule has 0 amide bonds. The van der Waals surface area contributed by atoms with Crippen LogP contribution in [-0.4, -0.2) is 46.5 Å². The highest BCUT2D eigenvalue weighted by atomic mass is 32.2. The van der Waals surface area contributed by atoms with Crippen molar-refractivity contribution in [3.8, 4) is 0 Å². The second-order valence-corrected chi connectivity index (χ2v) is 8.54. The average molecular weight is 328 g/mol. The fourth-order valence-corrected chi connectivity index (χ4v) is 3.77. The molecule has 1 saturated heterocycles. The number of rotatable bonds is 8. The average Bonchev–Trinajstić information content (AvgIpc) is 2.30. The van der Waals surface area contributed by atoms with E-state index in [2.05, 4.69) is 32.2 Å². The van der Waals surface area contributed by atoms with Crippen LogP contribution in [0.2, 0.25) is 0 Å². The number of carboxylic acid groups (broad SMARTS) is 1. The normalized spacial score (nSPS) is 26.2. The smallest absolute Gasteiger partial charge is 0.305 e. The minimum Gasteiger partial charge on any atom is -0.481 e. The summed E-state index contributed by atoms with van der Waals surface area (Å²) < 4.78 is 0. The van der Waals surface area contributed by atoms with Gasteiger partial charge < -0.3 is 21.0 Å². The van der Waals surface area contributed by atoms with E-state index < -0.39 is 17.6 Å². The Morgan fingerprint density at radius 3 is 2.50 bits per heavy atom. The van der Waals surface area contributed by atoms with E-state index in [1.54, 1.807) is 0 Å². The molecule has 0 radical (unpaired) electrons. The van der Waals surface area contributed by atoms with Gasteiger partial charge in [0.2, 0.25) is 0 Å². The fourth-order valence-electron chi connectivity index (χ4n) is 2.46. The van der Waals surface area contributed by atoms with E-state index in [4.69, 9.17) is 10.8 Å². The first-order valence-electron chi connectivity index (χ1n) is 7.55. The third-order valence-corrected chi connectivity index (χ3v) is 5.73. The van der Waals surface area contributed by atoms with Crippen molar-refractivity contribution < 1.29 is 14.7 Å². The van der Waals surface area contributed by atoms with Gasteiger partial charge >= 0.3 is 5.97 Å². The van der Waals surface area contributed by atoms with Crippen LogP contribution in [0.25, 0.3) is 0 Å². The molecule has 6 heteroatoms. The number of carbonyl (C=O) groups is 2. The quantitative estimate of drug-likeness (QED) is 0.464. The van der Waals surface area contributed by atoms with E-state index in [-0.39, 0.29) is 11.8 Å². The molecule has 0 aromatic carbocycles. The van der Waals surface area contributed by atoms with Crippen LogP contribution in [-0.2, 0) is 9.59 Å². The highest BCUT2D eigenvalue weighted by Gasteiger charge is 2.38. The molecule has 5 nitrogen and oxygen atoms in total. The van der Waals surface area contributed by atoms with Gasteiger partial charge in [-0.05, 0) is 18.3 Å². The molecule has 0 spiro atoms. The molecule has 0 aromatic heterocycles. The van der Waals surface area contributed by atoms with Gasteiger partial charge in [0.15, 0.2) is 0 Å². The van der Waals surface area contributed by atoms with Crippen LogP contribution in [0.5, 0.6) is 0 Å². The number of aliphatic carboxylic acids is 1. The Balaban J connectivity index is 2.51. The molecular formula is C16H28N2O3S. The number of carboxylic acids is 1. The number of aldehydes is 1. The van der Waals surface area contributed by atoms with E-state index in [0.717, 1.165) is 5.75 Å². The highest BCUT2D eigenvalue weighted by Crippen LogP contribution is 2.46. The molecule has 4 N–H and O–H groups in total. The number of hydrogen-bond acceptors (Lipinski definition) is 5. The van der Waals surface area contributed by atoms with Gasteiger partial charge in [-0.25, -0.2) is 0 Å². The molecule has 0 saturated carbocycles. The van der Waals surface area contributed by atoms with Crippen LogP contribution in [0.4, 0.5) is 0 Å². The lowest BCUT2D eigenvalue weighted by molar-refractivity contribution is -0.138. The zero-order valence-electron chi connectivity index (χ0n) is 13.8. The second-order valence-electron chi connectivity index (χ2n) is 7.37. The van der Waals surface area contributed by atoms with Gasteiger partial charge in [0.1, 0.15) is 6.29 Å². The molecule has 22 heavy (non-hydrogen) atoms. The van der Waals surface area contributed by atoms with Crippen molar-refractivity contribution in [3.05, 3.63) is 12.2 Å². The van der Waals surface area contributed by atoms with Crippen molar-refractivity contribution in [2.45, 2.75) is 50.9 Å². The van der Waals surface area contributed by atoms with Gasteiger partial charge in [-0.3, -0.25) is 4.79 Å². The third-order valence-electron chi connectivity index (χ3n) is 3.74. The van der Waals surface area contributed by atoms with E-state index >= 15 is 0 Å². The van der Waals surface area contributed by atoms with Gasteiger partial charge in [-0.15, -0.1) is 0 Å². The Hall–Kier alpha value is -0.850. The SMILES string of the molecule is CC(N)(C=CC1CSC1C(C)(C)C)CN[C@H](C=O)CC(=O)O. The van der Waals surface area contributed by atoms with Crippen LogP contribution >= 0.6 is 11.8 Å². The lowest BCUT2D eigenvalue weighted by atomic mass is 9.83. The van der Waals surface area contributed by atoms with Crippen molar-refractivity contribution in [1.82, 2.24) is 5.32 Å². The van der Waals surface area contributed by atoms with Crippen LogP contribution in [0.15, 0.2) is 12.2 Å². The van der Waals surface area contributed by atoms with Gasteiger partial charge in [0.05, 0.1) is 12.5 Å². The van der Waals surface area contributed by atoms with Crippen LogP contribution in [0.3, 0.4) is 0 Å². The summed E-state index contributed by atoms with van der Waals surface area (Å²) in [6, 6.07) is -0.699. The fraction of sp³-hybridized carbons (Fsp3) is 0.750. The molecule has 4 atom stereocenters. The van der Waals surface area contributed by atoms with Gasteiger partial charge in [-0.2, -0.15) is 11.8 Å². The Morgan fingerprint density at radius 1 is 1.45 bits per heavy atom. The topological polar surface area (TPSA) is 92.4 Å². The predicted molar refractivity (Wildman–Crippen MR) is 91.0 cm³/mol. The van der Waals surface area contributed by atoms with Crippen LogP contribution < -0.4 is 11.1 Å². The van der Waals surface area contributed by atoms with Crippen molar-refractivity contribution in [3.63, 3.8) is 0 Å². The van der Waals surface area contributed by atoms with Gasteiger partial charge in [0, 0.05) is 23.1 Å². The molecule has 1 rings (SSSR count). The maximum absolute atomic E-state index is 10.8. The van der Waals surface area contributed by atoms with Crippen LogP contribution in [0.1, 0.15) is 34.1 Å². The summed E-state index contributed by atoms with van der Waals surface area (Å²) in [4.78, 5) is 21.5. The summed E-state index contributed by atoms with van der Waals surface area (Å²) in [6.07, 6.45) is 4.54. The minimum atomic E-state index is -1.00. The molecule has 0 aliphatic carbocycles. The maximum Gasteiger partial charge on any atom is 0.305 e. The first kappa shape index (κ1) is 19.2. The largest absolute Gasteiger partial charge is 0.481 e. The summed E-state index contributed by atoms with van der Waals surface area (Å²) in [6.45, 7) is 8.97. The molecule has 1 aliphatic heterocycles. The Labute approximate surface area is 137 Å². The zero-order chi connectivity index (χ0) is 17.0. The molecule has 0 bridgehead atoms. The van der Waals surface area contributed by atoms with E-state index in [1.807, 2.05) is 24.8 Å². The Bertz CT molecular complexity index is 430. The van der Waals surface area contributed by atoms with Crippen molar-refractivity contribution in [2.24, 2.45) is 17.1 Å². The van der Waals surface area contributed by atoms with Crippen molar-refractivity contribution in [1.29, 1.82) is 0 Å². The molecule has 0 aromatic rings. The van der Waals surface area contributed by atoms with Gasteiger partial charge in [0.25, 0.3) is 0 Å². The van der Waals surface area contributed by atoms with E-state index in [0.29, 0.717) is 24.0 Å². The molecule has 1 fully saturated rings. The molecule has 3 unspecified atom stereocenters. The number of allylic oxidation sites excluding steroid dienone is 1. The minimum absolute atomic E-state index is 0.228. The predicted octanol–water partition coefficient (Wildman–Crippen LogP) is 1.67. The molecule has 126 valence electrons. The Kier molecular flexibility index (Phi) is 6.65. The number of nitrogens with two attached hydrogens (primary N) is 1. The third kappa shape index (κ3) is 6.10. The summed E-state index contributed by atoms with van der Waals surface area (Å²) >= 11 is 1.98. The van der Waals surface area contributed by atoms with E-state index in [1.165, 1.54) is 0 Å². The van der Waals surface area contributed by atoms with Crippen LogP contribution in [0, 0.1) is 11.3 Å². The van der Waals surface area contributed by atoms with Crippen molar-refractivity contribution in [2.75, 3.05) is 12.3 Å². The lowest BCUT2D eigenvalue weighted by Gasteiger charge is -2.43. The van der Waals surface area contributed by atoms with Crippen molar-refractivity contribution >= 4 is 24.0 Å². The monoisotopic (exact) mass is 328 g/mol. The number of nitrogens with one attached hydrogen (secondary N) is 1. The summed E-state index contributed by atoms with van der Waals surface area (Å²) in [5, 5.41) is 12.2. The van der Waals surface area contributed by atoms with E-state index in [9.17, 15) is 9.59 Å². The second kappa shape index (κ2) is 7.62. The number of hydrogen-bond donors (Lipinski definition) is 3. The highest BCUT2D eigenvalue weighted by molar-refractivity contribution is 8.01.